The molecule has 0 saturated carbocycles. The van der Waals surface area contributed by atoms with Gasteiger partial charge in [0.15, 0.2) is 0 Å². The summed E-state index contributed by atoms with van der Waals surface area (Å²) in [4.78, 5) is 6.93. The van der Waals surface area contributed by atoms with Crippen molar-refractivity contribution in [1.29, 1.82) is 0 Å². The van der Waals surface area contributed by atoms with E-state index >= 15 is 0 Å². The van der Waals surface area contributed by atoms with Gasteiger partial charge in [-0.3, -0.25) is 0 Å². The molecule has 118 valence electrons. The van der Waals surface area contributed by atoms with Crippen LogP contribution in [0, 0.1) is 41.5 Å². The van der Waals surface area contributed by atoms with Gasteiger partial charge in [0.05, 0.1) is 5.01 Å². The summed E-state index contributed by atoms with van der Waals surface area (Å²) in [6, 6.07) is 12.8. The molecule has 3 heteroatoms. The standard InChI is InChI=1S/C8H10.C6H8S.C5H7NS/c1-7-3-5-8(2)6-4-7;1-5-3-4-6(2)7-5;1-4-3-7-5(2)6-4/h3-6H,1-2H3;3-4H,1-2H3;3H,1-2H3. The Kier molecular flexibility index (Phi) is 8.07. The summed E-state index contributed by atoms with van der Waals surface area (Å²) in [6.07, 6.45) is 0. The van der Waals surface area contributed by atoms with E-state index in [1.165, 1.54) is 20.9 Å². The first-order valence-electron chi connectivity index (χ1n) is 7.32. The minimum absolute atomic E-state index is 1.13. The number of hydrogen-bond acceptors (Lipinski definition) is 3. The summed E-state index contributed by atoms with van der Waals surface area (Å²) in [5.41, 5.74) is 3.79. The molecule has 1 aromatic carbocycles. The third-order valence-corrected chi connectivity index (χ3v) is 4.63. The molecule has 0 unspecified atom stereocenters. The van der Waals surface area contributed by atoms with Gasteiger partial charge >= 0.3 is 0 Å². The van der Waals surface area contributed by atoms with E-state index in [0.717, 1.165) is 10.7 Å². The molecule has 0 saturated heterocycles. The monoisotopic (exact) mass is 331 g/mol. The largest absolute Gasteiger partial charge is 0.247 e. The predicted octanol–water partition coefficient (Wildman–Crippen LogP) is 6.43. The molecule has 0 bridgehead atoms. The highest BCUT2D eigenvalue weighted by molar-refractivity contribution is 7.11. The summed E-state index contributed by atoms with van der Waals surface area (Å²) in [5.74, 6) is 0. The lowest BCUT2D eigenvalue weighted by atomic mass is 10.2. The molecule has 0 spiro atoms. The normalized spacial score (nSPS) is 9.36. The van der Waals surface area contributed by atoms with Crippen LogP contribution in [0.1, 0.15) is 31.6 Å². The van der Waals surface area contributed by atoms with Crippen molar-refractivity contribution in [3.05, 3.63) is 73.4 Å². The highest BCUT2D eigenvalue weighted by Gasteiger charge is 1.86. The number of aromatic nitrogens is 1. The fraction of sp³-hybridized carbons (Fsp3) is 0.316. The van der Waals surface area contributed by atoms with Gasteiger partial charge in [0.1, 0.15) is 0 Å². The van der Waals surface area contributed by atoms with Crippen LogP contribution in [0.5, 0.6) is 0 Å². The molecule has 0 aliphatic rings. The Morgan fingerprint density at radius 2 is 1.14 bits per heavy atom. The van der Waals surface area contributed by atoms with Crippen LogP contribution in [0.25, 0.3) is 0 Å². The molecule has 2 heterocycles. The van der Waals surface area contributed by atoms with E-state index in [0.29, 0.717) is 0 Å². The Hall–Kier alpha value is -1.45. The molecule has 3 aromatic rings. The minimum atomic E-state index is 1.13. The van der Waals surface area contributed by atoms with Crippen LogP contribution in [0.2, 0.25) is 0 Å². The molecular weight excluding hydrogens is 306 g/mol. The topological polar surface area (TPSA) is 12.9 Å². The first-order chi connectivity index (χ1) is 10.4. The van der Waals surface area contributed by atoms with Crippen molar-refractivity contribution in [3.63, 3.8) is 0 Å². The Morgan fingerprint density at radius 1 is 0.682 bits per heavy atom. The quantitative estimate of drug-likeness (QED) is 0.462. The van der Waals surface area contributed by atoms with Crippen molar-refractivity contribution in [2.24, 2.45) is 0 Å². The molecule has 22 heavy (non-hydrogen) atoms. The highest BCUT2D eigenvalue weighted by atomic mass is 32.1. The first-order valence-corrected chi connectivity index (χ1v) is 9.01. The maximum atomic E-state index is 4.13. The predicted molar refractivity (Wildman–Crippen MR) is 101 cm³/mol. The molecule has 2 aromatic heterocycles. The summed E-state index contributed by atoms with van der Waals surface area (Å²) < 4.78 is 0. The van der Waals surface area contributed by atoms with E-state index in [-0.39, 0.29) is 0 Å². The van der Waals surface area contributed by atoms with Gasteiger partial charge in [-0.05, 0) is 53.7 Å². The van der Waals surface area contributed by atoms with Gasteiger partial charge in [-0.15, -0.1) is 22.7 Å². The minimum Gasteiger partial charge on any atom is -0.247 e. The Balaban J connectivity index is 0.000000166. The van der Waals surface area contributed by atoms with Crippen molar-refractivity contribution in [3.8, 4) is 0 Å². The lowest BCUT2D eigenvalue weighted by molar-refractivity contribution is 1.20. The van der Waals surface area contributed by atoms with Gasteiger partial charge in [-0.2, -0.15) is 0 Å². The highest BCUT2D eigenvalue weighted by Crippen LogP contribution is 2.12. The number of thiophene rings is 1. The van der Waals surface area contributed by atoms with Crippen LogP contribution in [0.15, 0.2) is 41.8 Å². The van der Waals surface area contributed by atoms with E-state index in [4.69, 9.17) is 0 Å². The number of hydrogen-bond donors (Lipinski definition) is 0. The molecule has 1 nitrogen and oxygen atoms in total. The van der Waals surface area contributed by atoms with E-state index in [9.17, 15) is 0 Å². The zero-order valence-corrected chi connectivity index (χ0v) is 15.9. The van der Waals surface area contributed by atoms with Crippen molar-refractivity contribution in [1.82, 2.24) is 4.98 Å². The second-order valence-corrected chi connectivity index (χ2v) is 7.87. The fourth-order valence-electron chi connectivity index (χ4n) is 1.67. The molecule has 0 N–H and O–H groups in total. The number of benzene rings is 1. The zero-order valence-electron chi connectivity index (χ0n) is 14.3. The Bertz CT molecular complexity index is 571. The van der Waals surface area contributed by atoms with Gasteiger partial charge in [0.25, 0.3) is 0 Å². The van der Waals surface area contributed by atoms with Gasteiger partial charge in [0.2, 0.25) is 0 Å². The first kappa shape index (κ1) is 18.6. The van der Waals surface area contributed by atoms with Crippen molar-refractivity contribution in [2.75, 3.05) is 0 Å². The third kappa shape index (κ3) is 8.11. The van der Waals surface area contributed by atoms with Crippen LogP contribution in [0.4, 0.5) is 0 Å². The smallest absolute Gasteiger partial charge is 0.0897 e. The second kappa shape index (κ2) is 9.54. The van der Waals surface area contributed by atoms with E-state index < -0.39 is 0 Å². The molecule has 0 radical (unpaired) electrons. The number of thiazole rings is 1. The molecule has 3 rings (SSSR count). The zero-order chi connectivity index (χ0) is 16.5. The van der Waals surface area contributed by atoms with Crippen LogP contribution < -0.4 is 0 Å². The maximum absolute atomic E-state index is 4.13. The lowest BCUT2D eigenvalue weighted by Gasteiger charge is -1.90. The van der Waals surface area contributed by atoms with E-state index in [2.05, 4.69) is 74.5 Å². The number of nitrogens with zero attached hydrogens (tertiary/aromatic N) is 1. The second-order valence-electron chi connectivity index (χ2n) is 5.32. The fourth-order valence-corrected chi connectivity index (χ4v) is 3.04. The van der Waals surface area contributed by atoms with Crippen molar-refractivity contribution < 1.29 is 0 Å². The Morgan fingerprint density at radius 3 is 1.32 bits per heavy atom. The number of aryl methyl sites for hydroxylation is 6. The molecule has 0 aliphatic carbocycles. The lowest BCUT2D eigenvalue weighted by Crippen LogP contribution is -1.70. The van der Waals surface area contributed by atoms with Gasteiger partial charge in [-0.25, -0.2) is 4.98 Å². The van der Waals surface area contributed by atoms with Crippen LogP contribution in [-0.2, 0) is 0 Å². The van der Waals surface area contributed by atoms with E-state index in [1.54, 1.807) is 11.3 Å². The number of rotatable bonds is 0. The van der Waals surface area contributed by atoms with Crippen molar-refractivity contribution in [2.45, 2.75) is 41.5 Å². The summed E-state index contributed by atoms with van der Waals surface area (Å²) in [5, 5.41) is 3.20. The van der Waals surface area contributed by atoms with Crippen LogP contribution >= 0.6 is 22.7 Å². The average Bonchev–Trinajstić information content (AvgIpc) is 3.02. The van der Waals surface area contributed by atoms with Crippen LogP contribution in [0.3, 0.4) is 0 Å². The summed E-state index contributed by atoms with van der Waals surface area (Å²) in [6.45, 7) is 12.5. The van der Waals surface area contributed by atoms with E-state index in [1.807, 2.05) is 25.2 Å². The molecule has 0 aliphatic heterocycles. The van der Waals surface area contributed by atoms with Gasteiger partial charge in [0, 0.05) is 20.8 Å². The van der Waals surface area contributed by atoms with Crippen LogP contribution in [-0.4, -0.2) is 4.98 Å². The summed E-state index contributed by atoms with van der Waals surface area (Å²) >= 11 is 3.54. The molecule has 0 atom stereocenters. The molecule has 0 amide bonds. The van der Waals surface area contributed by atoms with Gasteiger partial charge < -0.3 is 0 Å². The summed E-state index contributed by atoms with van der Waals surface area (Å²) in [7, 11) is 0. The maximum Gasteiger partial charge on any atom is 0.0897 e. The molecule has 0 fully saturated rings. The Labute approximate surface area is 142 Å². The molecular formula is C19H25NS2. The average molecular weight is 332 g/mol. The van der Waals surface area contributed by atoms with Gasteiger partial charge in [-0.1, -0.05) is 35.4 Å². The van der Waals surface area contributed by atoms with Crippen molar-refractivity contribution >= 4 is 22.7 Å². The SMILES string of the molecule is Cc1ccc(C)cc1.Cc1ccc(C)s1.Cc1csc(C)n1. The third-order valence-electron chi connectivity index (χ3n) is 2.83.